The van der Waals surface area contributed by atoms with E-state index in [0.717, 1.165) is 10.4 Å². The Balaban J connectivity index is 1.90. The molecule has 2 heterocycles. The van der Waals surface area contributed by atoms with Crippen molar-refractivity contribution in [2.24, 2.45) is 0 Å². The van der Waals surface area contributed by atoms with E-state index in [0.29, 0.717) is 25.3 Å². The van der Waals surface area contributed by atoms with Gasteiger partial charge in [-0.05, 0) is 34.7 Å². The van der Waals surface area contributed by atoms with E-state index in [2.05, 4.69) is 49.1 Å². The average molecular weight is 666 g/mol. The zero-order valence-electron chi connectivity index (χ0n) is 26.8. The van der Waals surface area contributed by atoms with E-state index >= 15 is 0 Å². The molecule has 13 heteroatoms. The minimum absolute atomic E-state index is 0.0207. The minimum atomic E-state index is -4.91. The molecule has 0 amide bonds. The molecule has 0 aliphatic carbocycles. The van der Waals surface area contributed by atoms with Crippen LogP contribution in [-0.2, 0) is 10.6 Å². The minimum Gasteiger partial charge on any atom is -0.416 e. The Bertz CT molecular complexity index is 1650. The fourth-order valence-corrected chi connectivity index (χ4v) is 10.2. The summed E-state index contributed by atoms with van der Waals surface area (Å²) in [6, 6.07) is 20.3. The summed E-state index contributed by atoms with van der Waals surface area (Å²) in [5.74, 6) is -0.882. The van der Waals surface area contributed by atoms with Gasteiger partial charge in [0.2, 0.25) is 11.6 Å². The molecule has 0 aliphatic rings. The Morgan fingerprint density at radius 3 is 2.06 bits per heavy atom. The number of nitrogens with zero attached hydrogens (tertiary/aromatic N) is 5. The fraction of sp³-hybridized carbons (Fsp3) is 0.324. The highest BCUT2D eigenvalue weighted by atomic mass is 28.4. The molecule has 4 rings (SSSR count). The van der Waals surface area contributed by atoms with Gasteiger partial charge in [0, 0.05) is 19.7 Å². The fourth-order valence-electron chi connectivity index (χ4n) is 5.55. The maximum absolute atomic E-state index is 14.1. The van der Waals surface area contributed by atoms with Crippen LogP contribution in [0, 0.1) is 10.1 Å². The maximum atomic E-state index is 14.1. The van der Waals surface area contributed by atoms with E-state index in [1.165, 1.54) is 11.9 Å². The monoisotopic (exact) mass is 665 g/mol. The number of allylic oxidation sites excluding steroid dienone is 1. The molecule has 0 spiro atoms. The van der Waals surface area contributed by atoms with Crippen LogP contribution in [0.25, 0.3) is 11.6 Å². The number of halogens is 3. The van der Waals surface area contributed by atoms with Crippen molar-refractivity contribution in [3.05, 3.63) is 114 Å². The largest absolute Gasteiger partial charge is 0.420 e. The second-order valence-electron chi connectivity index (χ2n) is 12.1. The molecule has 4 aromatic rings. The van der Waals surface area contributed by atoms with Crippen molar-refractivity contribution in [2.45, 2.75) is 57.4 Å². The van der Waals surface area contributed by atoms with Crippen molar-refractivity contribution >= 4 is 30.2 Å². The first-order chi connectivity index (χ1) is 22.2. The summed E-state index contributed by atoms with van der Waals surface area (Å²) in [5, 5.41) is 22.0. The number of nitro groups is 1. The summed E-state index contributed by atoms with van der Waals surface area (Å²) in [5.41, 5.74) is -2.64. The first-order valence-electron chi connectivity index (χ1n) is 15.1. The summed E-state index contributed by atoms with van der Waals surface area (Å²) in [6.45, 7) is 13.9. The molecule has 1 atom stereocenters. The van der Waals surface area contributed by atoms with Gasteiger partial charge in [0.05, 0.1) is 4.92 Å². The maximum Gasteiger partial charge on any atom is 0.420 e. The van der Waals surface area contributed by atoms with Crippen molar-refractivity contribution in [2.75, 3.05) is 18.5 Å². The lowest BCUT2D eigenvalue weighted by Gasteiger charge is -2.44. The number of rotatable bonds is 14. The van der Waals surface area contributed by atoms with Gasteiger partial charge in [0.1, 0.15) is 17.5 Å². The van der Waals surface area contributed by atoms with Gasteiger partial charge >= 0.3 is 11.9 Å². The van der Waals surface area contributed by atoms with E-state index in [4.69, 9.17) is 8.84 Å². The molecule has 248 valence electrons. The van der Waals surface area contributed by atoms with Gasteiger partial charge in [0.25, 0.3) is 14.2 Å². The quantitative estimate of drug-likeness (QED) is 0.0585. The van der Waals surface area contributed by atoms with Crippen LogP contribution in [0.15, 0.2) is 96.5 Å². The Kier molecular flexibility index (Phi) is 10.8. The average Bonchev–Trinajstić information content (AvgIpc) is 3.53. The smallest absolute Gasteiger partial charge is 0.416 e. The number of hydrogen-bond acceptors (Lipinski definition) is 8. The number of benzene rings is 2. The SMILES string of the molecule is C=CCCC(O[Si](c1ccccc1)(c1ccccc1)C(C)(C)C)c1nnc(-c2nc(N(C)CCC=C)c(C(F)(F)F)cc2[N+](=O)[O-])o1. The van der Waals surface area contributed by atoms with Crippen LogP contribution in [0.2, 0.25) is 5.04 Å². The van der Waals surface area contributed by atoms with Crippen LogP contribution < -0.4 is 15.3 Å². The molecule has 2 aromatic carbocycles. The lowest BCUT2D eigenvalue weighted by atomic mass is 10.1. The zero-order chi connectivity index (χ0) is 34.4. The number of alkyl halides is 3. The van der Waals surface area contributed by atoms with Crippen LogP contribution in [0.5, 0.6) is 0 Å². The lowest BCUT2D eigenvalue weighted by Crippen LogP contribution is -2.66. The molecule has 0 fully saturated rings. The standard InChI is InChI=1S/C34H38F3N5O4Si/c1-7-9-21-28(46-47(33(3,4)5,24-17-13-11-14-18-24)25-19-15-12-16-20-25)31-39-40-32(45-31)29-27(42(43)44)23-26(34(35,36)37)30(38-29)41(6)22-10-8-2/h7-8,11-20,23,28H,1-2,9-10,21-22H2,3-6H3. The van der Waals surface area contributed by atoms with Crippen LogP contribution >= 0.6 is 0 Å². The highest BCUT2D eigenvalue weighted by Crippen LogP contribution is 2.43. The summed E-state index contributed by atoms with van der Waals surface area (Å²) >= 11 is 0. The third kappa shape index (κ3) is 7.52. The molecule has 0 N–H and O–H groups in total. The predicted molar refractivity (Wildman–Crippen MR) is 178 cm³/mol. The van der Waals surface area contributed by atoms with Crippen molar-refractivity contribution in [1.29, 1.82) is 0 Å². The van der Waals surface area contributed by atoms with Crippen LogP contribution in [0.4, 0.5) is 24.7 Å². The van der Waals surface area contributed by atoms with E-state index < -0.39 is 59.2 Å². The van der Waals surface area contributed by atoms with Gasteiger partial charge < -0.3 is 13.7 Å². The van der Waals surface area contributed by atoms with Crippen LogP contribution in [0.3, 0.4) is 0 Å². The topological polar surface area (TPSA) is 107 Å². The molecule has 0 aliphatic heterocycles. The van der Waals surface area contributed by atoms with Gasteiger partial charge in [-0.2, -0.15) is 13.2 Å². The third-order valence-electron chi connectivity index (χ3n) is 7.80. The van der Waals surface area contributed by atoms with Crippen molar-refractivity contribution in [1.82, 2.24) is 15.2 Å². The van der Waals surface area contributed by atoms with Crippen molar-refractivity contribution in [3.8, 4) is 11.6 Å². The van der Waals surface area contributed by atoms with Crippen LogP contribution in [0.1, 0.15) is 57.6 Å². The third-order valence-corrected chi connectivity index (χ3v) is 12.8. The van der Waals surface area contributed by atoms with E-state index in [9.17, 15) is 23.3 Å². The zero-order valence-corrected chi connectivity index (χ0v) is 27.8. The van der Waals surface area contributed by atoms with Gasteiger partial charge in [-0.15, -0.1) is 23.4 Å². The lowest BCUT2D eigenvalue weighted by molar-refractivity contribution is -0.384. The van der Waals surface area contributed by atoms with E-state index in [1.54, 1.807) is 12.2 Å². The Morgan fingerprint density at radius 1 is 1.00 bits per heavy atom. The van der Waals surface area contributed by atoms with E-state index in [1.807, 2.05) is 60.7 Å². The Hall–Kier alpha value is -4.62. The number of pyridine rings is 1. The summed E-state index contributed by atoms with van der Waals surface area (Å²) in [6.07, 6.45) is -1.17. The second-order valence-corrected chi connectivity index (χ2v) is 16.3. The van der Waals surface area contributed by atoms with Gasteiger partial charge in [0.15, 0.2) is 0 Å². The summed E-state index contributed by atoms with van der Waals surface area (Å²) < 4.78 is 55.6. The van der Waals surface area contributed by atoms with Crippen molar-refractivity contribution < 1.29 is 26.9 Å². The number of anilines is 1. The molecule has 2 aromatic heterocycles. The Morgan fingerprint density at radius 2 is 1.57 bits per heavy atom. The van der Waals surface area contributed by atoms with Gasteiger partial charge in [-0.1, -0.05) is 93.6 Å². The molecule has 0 saturated heterocycles. The molecular weight excluding hydrogens is 627 g/mol. The first kappa shape index (κ1) is 35.2. The normalized spacial score (nSPS) is 12.8. The predicted octanol–water partition coefficient (Wildman–Crippen LogP) is 7.65. The van der Waals surface area contributed by atoms with E-state index in [-0.39, 0.29) is 12.4 Å². The summed E-state index contributed by atoms with van der Waals surface area (Å²) in [4.78, 5) is 16.5. The van der Waals surface area contributed by atoms with Crippen molar-refractivity contribution in [3.63, 3.8) is 0 Å². The highest BCUT2D eigenvalue weighted by molar-refractivity contribution is 6.99. The molecule has 0 radical (unpaired) electrons. The number of aromatic nitrogens is 3. The molecular formula is C34H38F3N5O4Si. The van der Waals surface area contributed by atoms with Gasteiger partial charge in [-0.3, -0.25) is 10.1 Å². The van der Waals surface area contributed by atoms with Gasteiger partial charge in [-0.25, -0.2) is 4.98 Å². The summed E-state index contributed by atoms with van der Waals surface area (Å²) in [7, 11) is -1.72. The number of hydrogen-bond donors (Lipinski definition) is 0. The first-order valence-corrected chi connectivity index (χ1v) is 17.0. The molecule has 47 heavy (non-hydrogen) atoms. The molecule has 0 saturated carbocycles. The molecule has 1 unspecified atom stereocenters. The van der Waals surface area contributed by atoms with Crippen LogP contribution in [-0.4, -0.2) is 42.0 Å². The Labute approximate surface area is 273 Å². The molecule has 9 nitrogen and oxygen atoms in total. The highest BCUT2D eigenvalue weighted by Gasteiger charge is 2.52. The molecule has 0 bridgehead atoms. The second kappa shape index (κ2) is 14.4.